The van der Waals surface area contributed by atoms with Crippen LogP contribution in [0, 0.1) is 0 Å². The zero-order valence-corrected chi connectivity index (χ0v) is 13.6. The molecule has 0 radical (unpaired) electrons. The lowest BCUT2D eigenvalue weighted by Crippen LogP contribution is -2.38. The Hall–Kier alpha value is -2.08. The highest BCUT2D eigenvalue weighted by molar-refractivity contribution is 5.94. The fraction of sp³-hybridized carbons (Fsp3) is 0.500. The standard InChI is InChI=1S/C16H26N4O2/c1-4-18-16(19-9-6-10-22-3)20-12-13-7-5-8-14(11-13)15(21)17-2/h5,7-8,11H,4,6,9-10,12H2,1-3H3,(H,17,21)(H2,18,19,20). The lowest BCUT2D eigenvalue weighted by Gasteiger charge is -2.11. The zero-order chi connectivity index (χ0) is 16.2. The van der Waals surface area contributed by atoms with Crippen LogP contribution < -0.4 is 16.0 Å². The van der Waals surface area contributed by atoms with Gasteiger partial charge in [-0.1, -0.05) is 12.1 Å². The molecule has 0 aromatic heterocycles. The lowest BCUT2D eigenvalue weighted by atomic mass is 10.1. The Labute approximate surface area is 132 Å². The van der Waals surface area contributed by atoms with Crippen molar-refractivity contribution >= 4 is 11.9 Å². The molecule has 0 bridgehead atoms. The molecule has 0 saturated carbocycles. The molecule has 6 heteroatoms. The molecule has 0 unspecified atom stereocenters. The first-order valence-electron chi connectivity index (χ1n) is 7.53. The summed E-state index contributed by atoms with van der Waals surface area (Å²) in [5.41, 5.74) is 1.64. The molecule has 0 saturated heterocycles. The molecule has 0 aliphatic carbocycles. The van der Waals surface area contributed by atoms with Crippen molar-refractivity contribution in [1.82, 2.24) is 16.0 Å². The first-order valence-corrected chi connectivity index (χ1v) is 7.53. The summed E-state index contributed by atoms with van der Waals surface area (Å²) in [6.07, 6.45) is 0.924. The number of amides is 1. The van der Waals surface area contributed by atoms with E-state index in [1.807, 2.05) is 25.1 Å². The Morgan fingerprint density at radius 3 is 2.82 bits per heavy atom. The van der Waals surface area contributed by atoms with Crippen molar-refractivity contribution in [2.45, 2.75) is 19.9 Å². The number of guanidine groups is 1. The van der Waals surface area contributed by atoms with E-state index in [1.54, 1.807) is 20.2 Å². The number of carbonyl (C=O) groups is 1. The third kappa shape index (κ3) is 6.58. The molecule has 1 amide bonds. The van der Waals surface area contributed by atoms with Crippen LogP contribution in [-0.4, -0.2) is 45.7 Å². The van der Waals surface area contributed by atoms with Crippen molar-refractivity contribution in [3.63, 3.8) is 0 Å². The highest BCUT2D eigenvalue weighted by Gasteiger charge is 2.03. The van der Waals surface area contributed by atoms with E-state index in [0.717, 1.165) is 37.6 Å². The number of hydrogen-bond donors (Lipinski definition) is 3. The summed E-state index contributed by atoms with van der Waals surface area (Å²) in [5.74, 6) is 0.680. The molecule has 0 heterocycles. The van der Waals surface area contributed by atoms with E-state index in [2.05, 4.69) is 20.9 Å². The van der Waals surface area contributed by atoms with Crippen molar-refractivity contribution in [3.05, 3.63) is 35.4 Å². The van der Waals surface area contributed by atoms with Crippen LogP contribution in [0.3, 0.4) is 0 Å². The van der Waals surface area contributed by atoms with Crippen molar-refractivity contribution < 1.29 is 9.53 Å². The molecular weight excluding hydrogens is 280 g/mol. The second-order valence-corrected chi connectivity index (χ2v) is 4.75. The molecule has 1 rings (SSSR count). The van der Waals surface area contributed by atoms with Gasteiger partial charge in [-0.3, -0.25) is 4.79 Å². The van der Waals surface area contributed by atoms with E-state index in [0.29, 0.717) is 12.1 Å². The van der Waals surface area contributed by atoms with E-state index in [1.165, 1.54) is 0 Å². The minimum absolute atomic E-state index is 0.0876. The first-order chi connectivity index (χ1) is 10.7. The topological polar surface area (TPSA) is 74.8 Å². The van der Waals surface area contributed by atoms with Gasteiger partial charge in [-0.05, 0) is 31.0 Å². The molecule has 22 heavy (non-hydrogen) atoms. The molecule has 1 aromatic carbocycles. The average molecular weight is 306 g/mol. The van der Waals surface area contributed by atoms with Crippen LogP contribution in [0.25, 0.3) is 0 Å². The number of rotatable bonds is 8. The molecule has 0 aliphatic rings. The number of nitrogens with zero attached hydrogens (tertiary/aromatic N) is 1. The third-order valence-electron chi connectivity index (χ3n) is 3.00. The second kappa shape index (κ2) is 10.6. The van der Waals surface area contributed by atoms with E-state index in [4.69, 9.17) is 4.74 Å². The second-order valence-electron chi connectivity index (χ2n) is 4.75. The summed E-state index contributed by atoms with van der Waals surface area (Å²) >= 11 is 0. The zero-order valence-electron chi connectivity index (χ0n) is 13.6. The van der Waals surface area contributed by atoms with Crippen LogP contribution >= 0.6 is 0 Å². The molecule has 0 aliphatic heterocycles. The quantitative estimate of drug-likeness (QED) is 0.382. The minimum atomic E-state index is -0.0876. The van der Waals surface area contributed by atoms with Gasteiger partial charge in [0.2, 0.25) is 0 Å². The SMILES string of the molecule is CCNC(=NCc1cccc(C(=O)NC)c1)NCCCOC. The summed E-state index contributed by atoms with van der Waals surface area (Å²) in [7, 11) is 3.32. The van der Waals surface area contributed by atoms with Gasteiger partial charge in [0.05, 0.1) is 6.54 Å². The molecule has 3 N–H and O–H groups in total. The largest absolute Gasteiger partial charge is 0.385 e. The highest BCUT2D eigenvalue weighted by Crippen LogP contribution is 2.06. The van der Waals surface area contributed by atoms with Gasteiger partial charge >= 0.3 is 0 Å². The number of methoxy groups -OCH3 is 1. The Morgan fingerprint density at radius 2 is 2.14 bits per heavy atom. The van der Waals surface area contributed by atoms with Crippen molar-refractivity contribution in [2.75, 3.05) is 33.9 Å². The van der Waals surface area contributed by atoms with E-state index in [-0.39, 0.29) is 5.91 Å². The van der Waals surface area contributed by atoms with Gasteiger partial charge in [0, 0.05) is 39.4 Å². The van der Waals surface area contributed by atoms with Crippen molar-refractivity contribution in [1.29, 1.82) is 0 Å². The molecule has 1 aromatic rings. The Bertz CT molecular complexity index is 489. The normalized spacial score (nSPS) is 11.1. The van der Waals surface area contributed by atoms with Crippen LogP contribution in [-0.2, 0) is 11.3 Å². The van der Waals surface area contributed by atoms with Gasteiger partial charge in [-0.2, -0.15) is 0 Å². The smallest absolute Gasteiger partial charge is 0.251 e. The number of benzene rings is 1. The molecule has 0 fully saturated rings. The van der Waals surface area contributed by atoms with Gasteiger partial charge in [0.25, 0.3) is 5.91 Å². The van der Waals surface area contributed by atoms with Crippen LogP contribution in [0.5, 0.6) is 0 Å². The maximum absolute atomic E-state index is 11.6. The number of aliphatic imine (C=N–C) groups is 1. The fourth-order valence-corrected chi connectivity index (χ4v) is 1.89. The van der Waals surface area contributed by atoms with E-state index in [9.17, 15) is 4.79 Å². The Kier molecular flexibility index (Phi) is 8.67. The van der Waals surface area contributed by atoms with Gasteiger partial charge in [-0.25, -0.2) is 4.99 Å². The number of hydrogen-bond acceptors (Lipinski definition) is 3. The van der Waals surface area contributed by atoms with Crippen LogP contribution in [0.4, 0.5) is 0 Å². The minimum Gasteiger partial charge on any atom is -0.385 e. The number of ether oxygens (including phenoxy) is 1. The maximum atomic E-state index is 11.6. The maximum Gasteiger partial charge on any atom is 0.251 e. The van der Waals surface area contributed by atoms with Crippen LogP contribution in [0.1, 0.15) is 29.3 Å². The third-order valence-corrected chi connectivity index (χ3v) is 3.00. The summed E-state index contributed by atoms with van der Waals surface area (Å²) in [6, 6.07) is 7.48. The van der Waals surface area contributed by atoms with Gasteiger partial charge in [-0.15, -0.1) is 0 Å². The summed E-state index contributed by atoms with van der Waals surface area (Å²) < 4.78 is 5.02. The van der Waals surface area contributed by atoms with Gasteiger partial charge in [0.1, 0.15) is 0 Å². The molecule has 0 spiro atoms. The van der Waals surface area contributed by atoms with Crippen molar-refractivity contribution in [2.24, 2.45) is 4.99 Å². The molecule has 0 atom stereocenters. The van der Waals surface area contributed by atoms with Crippen LogP contribution in [0.2, 0.25) is 0 Å². The fourth-order valence-electron chi connectivity index (χ4n) is 1.89. The average Bonchev–Trinajstić information content (AvgIpc) is 2.56. The highest BCUT2D eigenvalue weighted by atomic mass is 16.5. The van der Waals surface area contributed by atoms with Gasteiger partial charge in [0.15, 0.2) is 5.96 Å². The predicted octanol–water partition coefficient (Wildman–Crippen LogP) is 1.14. The molecule has 6 nitrogen and oxygen atoms in total. The summed E-state index contributed by atoms with van der Waals surface area (Å²) in [5, 5.41) is 9.07. The van der Waals surface area contributed by atoms with E-state index < -0.39 is 0 Å². The van der Waals surface area contributed by atoms with Gasteiger partial charge < -0.3 is 20.7 Å². The summed E-state index contributed by atoms with van der Waals surface area (Å²) in [4.78, 5) is 16.2. The van der Waals surface area contributed by atoms with E-state index >= 15 is 0 Å². The van der Waals surface area contributed by atoms with Crippen molar-refractivity contribution in [3.8, 4) is 0 Å². The Morgan fingerprint density at radius 1 is 1.32 bits per heavy atom. The lowest BCUT2D eigenvalue weighted by molar-refractivity contribution is 0.0963. The summed E-state index contributed by atoms with van der Waals surface area (Å²) in [6.45, 7) is 4.87. The number of nitrogens with one attached hydrogen (secondary N) is 3. The molecular formula is C16H26N4O2. The predicted molar refractivity (Wildman–Crippen MR) is 89.1 cm³/mol. The van der Waals surface area contributed by atoms with Crippen LogP contribution in [0.15, 0.2) is 29.3 Å². The Balaban J connectivity index is 2.63. The monoisotopic (exact) mass is 306 g/mol. The molecule has 122 valence electrons. The first kappa shape index (κ1) is 18.0. The number of carbonyl (C=O) groups excluding carboxylic acids is 1.